The number of rotatable bonds is 6. The van der Waals surface area contributed by atoms with Crippen LogP contribution in [0, 0.1) is 0 Å². The van der Waals surface area contributed by atoms with Gasteiger partial charge in [0.05, 0.1) is 4.90 Å². The van der Waals surface area contributed by atoms with Gasteiger partial charge in [-0.3, -0.25) is 4.99 Å². The van der Waals surface area contributed by atoms with Crippen molar-refractivity contribution in [2.24, 2.45) is 15.9 Å². The van der Waals surface area contributed by atoms with Gasteiger partial charge in [-0.25, -0.2) is 13.6 Å². The number of nitrogens with two attached hydrogens (primary N) is 2. The molecule has 0 aliphatic rings. The van der Waals surface area contributed by atoms with Crippen molar-refractivity contribution in [1.29, 1.82) is 0 Å². The second-order valence-electron chi connectivity index (χ2n) is 5.38. The Bertz CT molecular complexity index is 821. The molecule has 0 spiro atoms. The summed E-state index contributed by atoms with van der Waals surface area (Å²) >= 11 is 0. The summed E-state index contributed by atoms with van der Waals surface area (Å²) in [6.07, 6.45) is 1.61. The SMILES string of the molecule is CCc1cccc(NC(N)=NCCc2ccc(S(N)(=O)=O)cc2)c1.I. The molecule has 0 aromatic heterocycles. The fourth-order valence-electron chi connectivity index (χ4n) is 2.21. The van der Waals surface area contributed by atoms with E-state index in [4.69, 9.17) is 10.9 Å². The van der Waals surface area contributed by atoms with Crippen molar-refractivity contribution in [2.75, 3.05) is 11.9 Å². The molecule has 2 rings (SSSR count). The molecule has 0 radical (unpaired) electrons. The van der Waals surface area contributed by atoms with Gasteiger partial charge in [-0.15, -0.1) is 24.0 Å². The monoisotopic (exact) mass is 474 g/mol. The summed E-state index contributed by atoms with van der Waals surface area (Å²) in [4.78, 5) is 4.39. The number of sulfonamides is 1. The Labute approximate surface area is 165 Å². The third kappa shape index (κ3) is 7.00. The van der Waals surface area contributed by atoms with Gasteiger partial charge in [0.25, 0.3) is 0 Å². The summed E-state index contributed by atoms with van der Waals surface area (Å²) in [5, 5.41) is 8.13. The minimum Gasteiger partial charge on any atom is -0.370 e. The topological polar surface area (TPSA) is 111 Å². The van der Waals surface area contributed by atoms with Crippen LogP contribution in [0.3, 0.4) is 0 Å². The van der Waals surface area contributed by atoms with Gasteiger partial charge < -0.3 is 11.1 Å². The Kier molecular flexibility index (Phi) is 8.33. The smallest absolute Gasteiger partial charge is 0.238 e. The summed E-state index contributed by atoms with van der Waals surface area (Å²) in [5.74, 6) is 0.351. The van der Waals surface area contributed by atoms with Gasteiger partial charge >= 0.3 is 0 Å². The van der Waals surface area contributed by atoms with Crippen molar-refractivity contribution in [1.82, 2.24) is 0 Å². The van der Waals surface area contributed by atoms with E-state index in [1.54, 1.807) is 12.1 Å². The minimum absolute atomic E-state index is 0. The number of anilines is 1. The molecular formula is C17H23IN4O2S. The first-order valence-corrected chi connectivity index (χ1v) is 9.20. The van der Waals surface area contributed by atoms with E-state index >= 15 is 0 Å². The van der Waals surface area contributed by atoms with Gasteiger partial charge in [-0.1, -0.05) is 31.2 Å². The van der Waals surface area contributed by atoms with Crippen molar-refractivity contribution in [3.63, 3.8) is 0 Å². The molecule has 0 atom stereocenters. The Balaban J connectivity index is 0.00000312. The molecule has 8 heteroatoms. The van der Waals surface area contributed by atoms with Crippen LogP contribution in [0.5, 0.6) is 0 Å². The van der Waals surface area contributed by atoms with Crippen molar-refractivity contribution in [3.8, 4) is 0 Å². The van der Waals surface area contributed by atoms with Crippen LogP contribution in [0.15, 0.2) is 58.4 Å². The second-order valence-corrected chi connectivity index (χ2v) is 6.95. The number of benzene rings is 2. The molecule has 136 valence electrons. The van der Waals surface area contributed by atoms with E-state index in [9.17, 15) is 8.42 Å². The van der Waals surface area contributed by atoms with Crippen LogP contribution in [0.4, 0.5) is 5.69 Å². The highest BCUT2D eigenvalue weighted by Gasteiger charge is 2.06. The molecule has 0 aliphatic carbocycles. The molecule has 2 aromatic carbocycles. The third-order valence-electron chi connectivity index (χ3n) is 3.54. The number of aryl methyl sites for hydroxylation is 1. The Hall–Kier alpha value is -1.65. The number of hydrogen-bond donors (Lipinski definition) is 3. The first kappa shape index (κ1) is 21.4. The van der Waals surface area contributed by atoms with Gasteiger partial charge in [-0.05, 0) is 48.2 Å². The maximum absolute atomic E-state index is 11.2. The van der Waals surface area contributed by atoms with Crippen molar-refractivity contribution in [3.05, 3.63) is 59.7 Å². The van der Waals surface area contributed by atoms with Crippen LogP contribution in [0.1, 0.15) is 18.1 Å². The zero-order chi connectivity index (χ0) is 17.6. The lowest BCUT2D eigenvalue weighted by molar-refractivity contribution is 0.598. The number of nitrogens with zero attached hydrogens (tertiary/aromatic N) is 1. The lowest BCUT2D eigenvalue weighted by Gasteiger charge is -2.07. The fraction of sp³-hybridized carbons (Fsp3) is 0.235. The predicted octanol–water partition coefficient (Wildman–Crippen LogP) is 2.48. The Morgan fingerprint density at radius 2 is 1.80 bits per heavy atom. The van der Waals surface area contributed by atoms with Crippen LogP contribution >= 0.6 is 24.0 Å². The summed E-state index contributed by atoms with van der Waals surface area (Å²) in [7, 11) is -3.65. The van der Waals surface area contributed by atoms with Crippen molar-refractivity contribution in [2.45, 2.75) is 24.7 Å². The molecule has 0 fully saturated rings. The molecule has 0 saturated carbocycles. The third-order valence-corrected chi connectivity index (χ3v) is 4.47. The molecule has 2 aromatic rings. The van der Waals surface area contributed by atoms with Crippen LogP contribution < -0.4 is 16.2 Å². The van der Waals surface area contributed by atoms with Crippen LogP contribution in [0.25, 0.3) is 0 Å². The second kappa shape index (κ2) is 9.73. The largest absolute Gasteiger partial charge is 0.370 e. The molecule has 25 heavy (non-hydrogen) atoms. The normalized spacial score (nSPS) is 11.7. The summed E-state index contributed by atoms with van der Waals surface area (Å²) < 4.78 is 22.4. The number of nitrogens with one attached hydrogen (secondary N) is 1. The van der Waals surface area contributed by atoms with E-state index in [1.165, 1.54) is 17.7 Å². The highest BCUT2D eigenvalue weighted by Crippen LogP contribution is 2.11. The van der Waals surface area contributed by atoms with Gasteiger partial charge in [0.2, 0.25) is 10.0 Å². The molecule has 0 heterocycles. The Morgan fingerprint density at radius 1 is 1.12 bits per heavy atom. The average molecular weight is 474 g/mol. The molecule has 6 nitrogen and oxygen atoms in total. The first-order chi connectivity index (χ1) is 11.4. The minimum atomic E-state index is -3.65. The molecule has 0 unspecified atom stereocenters. The van der Waals surface area contributed by atoms with Gasteiger partial charge in [0, 0.05) is 12.2 Å². The van der Waals surface area contributed by atoms with E-state index in [1.807, 2.05) is 18.2 Å². The van der Waals surface area contributed by atoms with E-state index < -0.39 is 10.0 Å². The molecule has 0 amide bonds. The molecule has 5 N–H and O–H groups in total. The maximum atomic E-state index is 11.2. The van der Waals surface area contributed by atoms with E-state index in [-0.39, 0.29) is 28.9 Å². The average Bonchev–Trinajstić information content (AvgIpc) is 2.54. The summed E-state index contributed by atoms with van der Waals surface area (Å²) in [6, 6.07) is 14.4. The molecule has 0 aliphatic heterocycles. The number of aliphatic imine (C=N–C) groups is 1. The van der Waals surface area contributed by atoms with Gasteiger partial charge in [0.1, 0.15) is 0 Å². The maximum Gasteiger partial charge on any atom is 0.238 e. The quantitative estimate of drug-likeness (QED) is 0.340. The Morgan fingerprint density at radius 3 is 2.40 bits per heavy atom. The van der Waals surface area contributed by atoms with E-state index in [0.717, 1.165) is 17.7 Å². The summed E-state index contributed by atoms with van der Waals surface area (Å²) in [6.45, 7) is 2.60. The number of halogens is 1. The standard InChI is InChI=1S/C17H22N4O2S.HI/c1-2-13-4-3-5-15(12-13)21-17(18)20-11-10-14-6-8-16(9-7-14)24(19,22)23;/h3-9,12H,2,10-11H2,1H3,(H3,18,20,21)(H2,19,22,23);1H. The first-order valence-electron chi connectivity index (χ1n) is 7.66. The lowest BCUT2D eigenvalue weighted by Crippen LogP contribution is -2.23. The van der Waals surface area contributed by atoms with Crippen LogP contribution in [-0.4, -0.2) is 20.9 Å². The predicted molar refractivity (Wildman–Crippen MR) is 113 cm³/mol. The highest BCUT2D eigenvalue weighted by molar-refractivity contribution is 14.0. The number of guanidine groups is 1. The zero-order valence-corrected chi connectivity index (χ0v) is 17.1. The van der Waals surface area contributed by atoms with Crippen molar-refractivity contribution >= 4 is 45.6 Å². The summed E-state index contributed by atoms with van der Waals surface area (Å²) in [5.41, 5.74) is 8.99. The molecule has 0 saturated heterocycles. The number of hydrogen-bond acceptors (Lipinski definition) is 3. The van der Waals surface area contributed by atoms with Gasteiger partial charge in [-0.2, -0.15) is 0 Å². The fourth-order valence-corrected chi connectivity index (χ4v) is 2.72. The van der Waals surface area contributed by atoms with E-state index in [2.05, 4.69) is 23.3 Å². The van der Waals surface area contributed by atoms with Crippen LogP contribution in [-0.2, 0) is 22.9 Å². The molecule has 0 bridgehead atoms. The highest BCUT2D eigenvalue weighted by atomic mass is 127. The zero-order valence-electron chi connectivity index (χ0n) is 14.0. The number of primary sulfonamides is 1. The molecular weight excluding hydrogens is 451 g/mol. The van der Waals surface area contributed by atoms with E-state index in [0.29, 0.717) is 18.9 Å². The van der Waals surface area contributed by atoms with Crippen LogP contribution in [0.2, 0.25) is 0 Å². The van der Waals surface area contributed by atoms with Gasteiger partial charge in [0.15, 0.2) is 5.96 Å². The van der Waals surface area contributed by atoms with Crippen molar-refractivity contribution < 1.29 is 8.42 Å². The lowest BCUT2D eigenvalue weighted by atomic mass is 10.1.